The van der Waals surface area contributed by atoms with Gasteiger partial charge >= 0.3 is 0 Å². The van der Waals surface area contributed by atoms with Crippen molar-refractivity contribution in [1.29, 1.82) is 0 Å². The Kier molecular flexibility index (Phi) is 4.76. The number of aryl methyl sites for hydroxylation is 2. The number of nitrogens with zero attached hydrogens (tertiary/aromatic N) is 3. The molecule has 0 atom stereocenters. The van der Waals surface area contributed by atoms with Gasteiger partial charge in [-0.05, 0) is 61.4 Å². The van der Waals surface area contributed by atoms with Crippen molar-refractivity contribution < 1.29 is 9.21 Å². The topological polar surface area (TPSA) is 73.0 Å². The zero-order valence-electron chi connectivity index (χ0n) is 15.7. The smallest absolute Gasteiger partial charge is 0.264 e. The minimum Gasteiger partial charge on any atom is -0.415 e. The molecule has 0 aliphatic heterocycles. The van der Waals surface area contributed by atoms with Crippen molar-refractivity contribution >= 4 is 11.6 Å². The number of hydrogen-bond acceptors (Lipinski definition) is 4. The Morgan fingerprint density at radius 3 is 2.54 bits per heavy atom. The summed E-state index contributed by atoms with van der Waals surface area (Å²) in [5.41, 5.74) is 4.66. The molecule has 6 heteroatoms. The van der Waals surface area contributed by atoms with Crippen LogP contribution >= 0.6 is 0 Å². The first-order valence-corrected chi connectivity index (χ1v) is 9.02. The number of rotatable bonds is 5. The summed E-state index contributed by atoms with van der Waals surface area (Å²) in [5, 5.41) is 11.2. The maximum atomic E-state index is 12.5. The Balaban J connectivity index is 1.51. The van der Waals surface area contributed by atoms with Gasteiger partial charge in [0.1, 0.15) is 12.2 Å². The SMILES string of the molecule is Cc1ccc(NC(=O)Cn2cccc2-c2nnc(-c3ccccc3)o2)cc1C. The Labute approximate surface area is 162 Å². The average Bonchev–Trinajstić information content (AvgIpc) is 3.34. The highest BCUT2D eigenvalue weighted by Gasteiger charge is 2.15. The van der Waals surface area contributed by atoms with E-state index in [-0.39, 0.29) is 12.5 Å². The number of anilines is 1. The summed E-state index contributed by atoms with van der Waals surface area (Å²) in [7, 11) is 0. The maximum Gasteiger partial charge on any atom is 0.264 e. The summed E-state index contributed by atoms with van der Waals surface area (Å²) in [4.78, 5) is 12.5. The van der Waals surface area contributed by atoms with Crippen molar-refractivity contribution in [2.75, 3.05) is 5.32 Å². The van der Waals surface area contributed by atoms with E-state index in [1.807, 2.05) is 80.7 Å². The van der Waals surface area contributed by atoms with Gasteiger partial charge in [-0.15, -0.1) is 10.2 Å². The lowest BCUT2D eigenvalue weighted by Gasteiger charge is -2.09. The van der Waals surface area contributed by atoms with Gasteiger partial charge in [-0.2, -0.15) is 0 Å². The van der Waals surface area contributed by atoms with Crippen molar-refractivity contribution in [2.24, 2.45) is 0 Å². The van der Waals surface area contributed by atoms with Gasteiger partial charge in [-0.1, -0.05) is 24.3 Å². The predicted molar refractivity (Wildman–Crippen MR) is 108 cm³/mol. The first kappa shape index (κ1) is 17.7. The largest absolute Gasteiger partial charge is 0.415 e. The van der Waals surface area contributed by atoms with Gasteiger partial charge in [-0.3, -0.25) is 4.79 Å². The molecule has 0 unspecified atom stereocenters. The molecule has 0 aliphatic carbocycles. The summed E-state index contributed by atoms with van der Waals surface area (Å²) in [6.07, 6.45) is 1.82. The Hall–Kier alpha value is -3.67. The number of aromatic nitrogens is 3. The van der Waals surface area contributed by atoms with Crippen LogP contribution in [0.2, 0.25) is 0 Å². The van der Waals surface area contributed by atoms with Gasteiger partial charge < -0.3 is 14.3 Å². The second-order valence-electron chi connectivity index (χ2n) is 6.65. The minimum atomic E-state index is -0.122. The number of benzene rings is 2. The van der Waals surface area contributed by atoms with Crippen LogP contribution in [0.1, 0.15) is 11.1 Å². The monoisotopic (exact) mass is 372 g/mol. The van der Waals surface area contributed by atoms with Crippen LogP contribution in [-0.4, -0.2) is 20.7 Å². The number of nitrogens with one attached hydrogen (secondary N) is 1. The van der Waals surface area contributed by atoms with Crippen LogP contribution in [0.3, 0.4) is 0 Å². The second-order valence-corrected chi connectivity index (χ2v) is 6.65. The number of amides is 1. The van der Waals surface area contributed by atoms with Crippen LogP contribution in [0.5, 0.6) is 0 Å². The van der Waals surface area contributed by atoms with E-state index in [1.165, 1.54) is 5.56 Å². The molecule has 0 saturated heterocycles. The summed E-state index contributed by atoms with van der Waals surface area (Å²) in [6.45, 7) is 4.22. The third-order valence-electron chi connectivity index (χ3n) is 4.60. The van der Waals surface area contributed by atoms with Gasteiger partial charge in [0, 0.05) is 17.4 Å². The summed E-state index contributed by atoms with van der Waals surface area (Å²) in [6, 6.07) is 19.2. The van der Waals surface area contributed by atoms with E-state index in [0.29, 0.717) is 17.5 Å². The van der Waals surface area contributed by atoms with Crippen molar-refractivity contribution in [3.63, 3.8) is 0 Å². The highest BCUT2D eigenvalue weighted by molar-refractivity contribution is 5.91. The second kappa shape index (κ2) is 7.52. The fraction of sp³-hybridized carbons (Fsp3) is 0.136. The molecular weight excluding hydrogens is 352 g/mol. The molecule has 6 nitrogen and oxygen atoms in total. The average molecular weight is 372 g/mol. The Morgan fingerprint density at radius 1 is 0.964 bits per heavy atom. The number of carbonyl (C=O) groups excluding carboxylic acids is 1. The van der Waals surface area contributed by atoms with Crippen molar-refractivity contribution in [3.8, 4) is 23.0 Å². The lowest BCUT2D eigenvalue weighted by molar-refractivity contribution is -0.116. The quantitative estimate of drug-likeness (QED) is 0.561. The lowest BCUT2D eigenvalue weighted by atomic mass is 10.1. The van der Waals surface area contributed by atoms with E-state index in [4.69, 9.17) is 4.42 Å². The molecule has 2 heterocycles. The van der Waals surface area contributed by atoms with E-state index >= 15 is 0 Å². The molecule has 28 heavy (non-hydrogen) atoms. The van der Waals surface area contributed by atoms with Gasteiger partial charge in [0.2, 0.25) is 11.8 Å². The van der Waals surface area contributed by atoms with Crippen LogP contribution in [0.15, 0.2) is 71.3 Å². The third-order valence-corrected chi connectivity index (χ3v) is 4.60. The van der Waals surface area contributed by atoms with Crippen LogP contribution in [-0.2, 0) is 11.3 Å². The Morgan fingerprint density at radius 2 is 1.75 bits per heavy atom. The van der Waals surface area contributed by atoms with E-state index in [0.717, 1.165) is 16.8 Å². The third kappa shape index (κ3) is 3.71. The van der Waals surface area contributed by atoms with Crippen LogP contribution < -0.4 is 5.32 Å². The van der Waals surface area contributed by atoms with E-state index in [1.54, 1.807) is 4.57 Å². The highest BCUT2D eigenvalue weighted by Crippen LogP contribution is 2.24. The van der Waals surface area contributed by atoms with Gasteiger partial charge in [0.25, 0.3) is 5.89 Å². The zero-order chi connectivity index (χ0) is 19.5. The lowest BCUT2D eigenvalue weighted by Crippen LogP contribution is -2.18. The molecule has 4 aromatic rings. The van der Waals surface area contributed by atoms with E-state index < -0.39 is 0 Å². The molecule has 0 fully saturated rings. The highest BCUT2D eigenvalue weighted by atomic mass is 16.4. The molecule has 1 N–H and O–H groups in total. The molecule has 1 amide bonds. The number of hydrogen-bond donors (Lipinski definition) is 1. The van der Waals surface area contributed by atoms with Crippen molar-refractivity contribution in [3.05, 3.63) is 78.0 Å². The zero-order valence-corrected chi connectivity index (χ0v) is 15.7. The maximum absolute atomic E-state index is 12.5. The standard InChI is InChI=1S/C22H20N4O2/c1-15-10-11-18(13-16(15)2)23-20(27)14-26-12-6-9-19(26)22-25-24-21(28-22)17-7-4-3-5-8-17/h3-13H,14H2,1-2H3,(H,23,27). The van der Waals surface area contributed by atoms with Crippen LogP contribution in [0.4, 0.5) is 5.69 Å². The van der Waals surface area contributed by atoms with Crippen molar-refractivity contribution in [1.82, 2.24) is 14.8 Å². The molecule has 0 spiro atoms. The van der Waals surface area contributed by atoms with E-state index in [9.17, 15) is 4.79 Å². The first-order chi connectivity index (χ1) is 13.6. The molecule has 0 radical (unpaired) electrons. The fourth-order valence-electron chi connectivity index (χ4n) is 2.94. The molecule has 2 aromatic heterocycles. The number of carbonyl (C=O) groups is 1. The molecule has 0 saturated carbocycles. The van der Waals surface area contributed by atoms with Gasteiger partial charge in [0.05, 0.1) is 0 Å². The summed E-state index contributed by atoms with van der Waals surface area (Å²) in [5.74, 6) is 0.703. The summed E-state index contributed by atoms with van der Waals surface area (Å²) >= 11 is 0. The van der Waals surface area contributed by atoms with Crippen molar-refractivity contribution in [2.45, 2.75) is 20.4 Å². The minimum absolute atomic E-state index is 0.122. The Bertz CT molecular complexity index is 1110. The molecule has 4 rings (SSSR count). The summed E-state index contributed by atoms with van der Waals surface area (Å²) < 4.78 is 7.60. The van der Waals surface area contributed by atoms with E-state index in [2.05, 4.69) is 15.5 Å². The molecular formula is C22H20N4O2. The first-order valence-electron chi connectivity index (χ1n) is 9.02. The predicted octanol–water partition coefficient (Wildman–Crippen LogP) is 4.46. The van der Waals surface area contributed by atoms with Gasteiger partial charge in [0.15, 0.2) is 0 Å². The van der Waals surface area contributed by atoms with Gasteiger partial charge in [-0.25, -0.2) is 0 Å². The molecule has 0 aliphatic rings. The molecule has 2 aromatic carbocycles. The van der Waals surface area contributed by atoms with Crippen LogP contribution in [0.25, 0.3) is 23.0 Å². The molecule has 140 valence electrons. The van der Waals surface area contributed by atoms with Crippen LogP contribution in [0, 0.1) is 13.8 Å². The normalized spacial score (nSPS) is 10.8. The molecule has 0 bridgehead atoms. The fourth-order valence-corrected chi connectivity index (χ4v) is 2.94.